The maximum atomic E-state index is 5.28. The van der Waals surface area contributed by atoms with Crippen LogP contribution >= 0.6 is 0 Å². The molecule has 0 spiro atoms. The van der Waals surface area contributed by atoms with Gasteiger partial charge in [0.1, 0.15) is 5.75 Å². The molecular weight excluding hydrogens is 228 g/mol. The van der Waals surface area contributed by atoms with Gasteiger partial charge in [0.25, 0.3) is 0 Å². The summed E-state index contributed by atoms with van der Waals surface area (Å²) < 4.78 is 15.7. The standard InChI is InChI=1S/C15H15O3/c1-16-13-6-4-5-11(9-13)12-7-8-14(17-2)15(10-12)18-3/h4,6-10H,1-3H3. The topological polar surface area (TPSA) is 27.7 Å². The van der Waals surface area contributed by atoms with Crippen molar-refractivity contribution in [1.82, 2.24) is 0 Å². The molecule has 3 heteroatoms. The van der Waals surface area contributed by atoms with Gasteiger partial charge in [0.05, 0.1) is 21.3 Å². The molecule has 0 saturated heterocycles. The molecule has 0 fully saturated rings. The lowest BCUT2D eigenvalue weighted by atomic mass is 10.0. The van der Waals surface area contributed by atoms with Crippen molar-refractivity contribution in [2.24, 2.45) is 0 Å². The van der Waals surface area contributed by atoms with Crippen LogP contribution in [-0.2, 0) is 0 Å². The zero-order valence-corrected chi connectivity index (χ0v) is 10.7. The van der Waals surface area contributed by atoms with Gasteiger partial charge < -0.3 is 14.2 Å². The van der Waals surface area contributed by atoms with Crippen molar-refractivity contribution in [2.45, 2.75) is 0 Å². The number of ether oxygens (including phenoxy) is 3. The SMILES string of the molecule is COc1cc[c]c(-c2ccc(OC)c(OC)c2)c1. The number of methoxy groups -OCH3 is 3. The van der Waals surface area contributed by atoms with E-state index in [1.165, 1.54) is 0 Å². The Kier molecular flexibility index (Phi) is 3.72. The molecule has 0 heterocycles. The summed E-state index contributed by atoms with van der Waals surface area (Å²) in [6, 6.07) is 14.6. The van der Waals surface area contributed by atoms with Gasteiger partial charge in [-0.3, -0.25) is 0 Å². The lowest BCUT2D eigenvalue weighted by molar-refractivity contribution is 0.355. The quantitative estimate of drug-likeness (QED) is 0.825. The van der Waals surface area contributed by atoms with E-state index in [1.54, 1.807) is 21.3 Å². The second-order valence-electron chi connectivity index (χ2n) is 3.71. The first-order valence-electron chi connectivity index (χ1n) is 5.56. The fraction of sp³-hybridized carbons (Fsp3) is 0.200. The highest BCUT2D eigenvalue weighted by atomic mass is 16.5. The zero-order valence-electron chi connectivity index (χ0n) is 10.7. The van der Waals surface area contributed by atoms with E-state index in [0.717, 1.165) is 16.9 Å². The molecule has 0 atom stereocenters. The molecule has 0 amide bonds. The fourth-order valence-corrected chi connectivity index (χ4v) is 1.74. The third kappa shape index (κ3) is 2.40. The van der Waals surface area contributed by atoms with Gasteiger partial charge in [0.2, 0.25) is 0 Å². The molecule has 3 nitrogen and oxygen atoms in total. The molecule has 0 unspecified atom stereocenters. The predicted molar refractivity (Wildman–Crippen MR) is 70.4 cm³/mol. The average molecular weight is 243 g/mol. The number of hydrogen-bond acceptors (Lipinski definition) is 3. The number of hydrogen-bond donors (Lipinski definition) is 0. The van der Waals surface area contributed by atoms with Crippen LogP contribution in [0.3, 0.4) is 0 Å². The van der Waals surface area contributed by atoms with Crippen LogP contribution in [0.1, 0.15) is 0 Å². The van der Waals surface area contributed by atoms with Gasteiger partial charge in [-0.05, 0) is 41.5 Å². The van der Waals surface area contributed by atoms with Crippen LogP contribution in [0.25, 0.3) is 11.1 Å². The predicted octanol–water partition coefficient (Wildman–Crippen LogP) is 3.18. The van der Waals surface area contributed by atoms with E-state index in [0.29, 0.717) is 11.5 Å². The Labute approximate surface area is 107 Å². The summed E-state index contributed by atoms with van der Waals surface area (Å²) in [6.45, 7) is 0. The van der Waals surface area contributed by atoms with Crippen LogP contribution < -0.4 is 14.2 Å². The first-order chi connectivity index (χ1) is 8.78. The maximum absolute atomic E-state index is 5.28. The Hall–Kier alpha value is -2.16. The minimum atomic E-state index is 0.700. The molecule has 0 saturated carbocycles. The van der Waals surface area contributed by atoms with Crippen LogP contribution in [0.2, 0.25) is 0 Å². The molecule has 0 bridgehead atoms. The summed E-state index contributed by atoms with van der Waals surface area (Å²) in [5.41, 5.74) is 1.96. The van der Waals surface area contributed by atoms with Gasteiger partial charge in [-0.15, -0.1) is 0 Å². The minimum absolute atomic E-state index is 0.700. The summed E-state index contributed by atoms with van der Waals surface area (Å²) in [6.07, 6.45) is 0. The maximum Gasteiger partial charge on any atom is 0.161 e. The molecule has 0 N–H and O–H groups in total. The van der Waals surface area contributed by atoms with Gasteiger partial charge >= 0.3 is 0 Å². The molecule has 0 aliphatic carbocycles. The lowest BCUT2D eigenvalue weighted by Crippen LogP contribution is -1.91. The van der Waals surface area contributed by atoms with Crippen molar-refractivity contribution < 1.29 is 14.2 Å². The van der Waals surface area contributed by atoms with Gasteiger partial charge in [0, 0.05) is 0 Å². The molecule has 2 aromatic rings. The smallest absolute Gasteiger partial charge is 0.161 e. The van der Waals surface area contributed by atoms with Crippen LogP contribution in [-0.4, -0.2) is 21.3 Å². The Morgan fingerprint density at radius 3 is 2.28 bits per heavy atom. The molecule has 2 aromatic carbocycles. The van der Waals surface area contributed by atoms with Crippen molar-refractivity contribution in [3.05, 3.63) is 42.5 Å². The molecule has 1 radical (unpaired) electrons. The Morgan fingerprint density at radius 2 is 1.61 bits per heavy atom. The second kappa shape index (κ2) is 5.45. The number of rotatable bonds is 4. The van der Waals surface area contributed by atoms with E-state index in [1.807, 2.05) is 36.4 Å². The first kappa shape index (κ1) is 12.3. The monoisotopic (exact) mass is 243 g/mol. The van der Waals surface area contributed by atoms with Gasteiger partial charge in [-0.25, -0.2) is 0 Å². The van der Waals surface area contributed by atoms with E-state index < -0.39 is 0 Å². The third-order valence-electron chi connectivity index (χ3n) is 2.70. The summed E-state index contributed by atoms with van der Waals surface area (Å²) in [5, 5.41) is 0. The average Bonchev–Trinajstić information content (AvgIpc) is 2.46. The molecule has 0 aliphatic rings. The summed E-state index contributed by atoms with van der Waals surface area (Å²) in [7, 11) is 4.89. The third-order valence-corrected chi connectivity index (χ3v) is 2.70. The second-order valence-corrected chi connectivity index (χ2v) is 3.71. The van der Waals surface area contributed by atoms with E-state index in [4.69, 9.17) is 14.2 Å². The van der Waals surface area contributed by atoms with E-state index >= 15 is 0 Å². The molecule has 0 aromatic heterocycles. The normalized spacial score (nSPS) is 9.94. The van der Waals surface area contributed by atoms with Crippen molar-refractivity contribution in [1.29, 1.82) is 0 Å². The van der Waals surface area contributed by atoms with E-state index in [2.05, 4.69) is 6.07 Å². The molecule has 2 rings (SSSR count). The Balaban J connectivity index is 2.43. The van der Waals surface area contributed by atoms with Gasteiger partial charge in [-0.2, -0.15) is 0 Å². The highest BCUT2D eigenvalue weighted by Crippen LogP contribution is 2.32. The van der Waals surface area contributed by atoms with Gasteiger partial charge in [0.15, 0.2) is 11.5 Å². The summed E-state index contributed by atoms with van der Waals surface area (Å²) in [4.78, 5) is 0. The molecule has 0 aliphatic heterocycles. The van der Waals surface area contributed by atoms with Crippen molar-refractivity contribution in [2.75, 3.05) is 21.3 Å². The van der Waals surface area contributed by atoms with Crippen molar-refractivity contribution in [3.63, 3.8) is 0 Å². The summed E-state index contributed by atoms with van der Waals surface area (Å²) >= 11 is 0. The Morgan fingerprint density at radius 1 is 0.833 bits per heavy atom. The fourth-order valence-electron chi connectivity index (χ4n) is 1.74. The molecular formula is C15H15O3. The van der Waals surface area contributed by atoms with Crippen LogP contribution in [0.5, 0.6) is 17.2 Å². The lowest BCUT2D eigenvalue weighted by Gasteiger charge is -2.10. The summed E-state index contributed by atoms with van der Waals surface area (Å²) in [5.74, 6) is 2.22. The zero-order chi connectivity index (χ0) is 13.0. The molecule has 93 valence electrons. The van der Waals surface area contributed by atoms with Crippen LogP contribution in [0.15, 0.2) is 36.4 Å². The van der Waals surface area contributed by atoms with Crippen LogP contribution in [0, 0.1) is 6.07 Å². The van der Waals surface area contributed by atoms with Crippen molar-refractivity contribution in [3.8, 4) is 28.4 Å². The van der Waals surface area contributed by atoms with E-state index in [9.17, 15) is 0 Å². The number of benzene rings is 2. The highest BCUT2D eigenvalue weighted by molar-refractivity contribution is 5.68. The highest BCUT2D eigenvalue weighted by Gasteiger charge is 2.06. The van der Waals surface area contributed by atoms with E-state index in [-0.39, 0.29) is 0 Å². The first-order valence-corrected chi connectivity index (χ1v) is 5.56. The Bertz CT molecular complexity index is 535. The minimum Gasteiger partial charge on any atom is -0.497 e. The van der Waals surface area contributed by atoms with Crippen molar-refractivity contribution >= 4 is 0 Å². The largest absolute Gasteiger partial charge is 0.497 e. The van der Waals surface area contributed by atoms with Gasteiger partial charge in [-0.1, -0.05) is 12.1 Å². The van der Waals surface area contributed by atoms with Crippen LogP contribution in [0.4, 0.5) is 0 Å². The molecule has 18 heavy (non-hydrogen) atoms.